The summed E-state index contributed by atoms with van der Waals surface area (Å²) in [7, 11) is 0. The van der Waals surface area contributed by atoms with Crippen LogP contribution < -0.4 is 26.1 Å². The van der Waals surface area contributed by atoms with Crippen molar-refractivity contribution in [3.05, 3.63) is 101 Å². The van der Waals surface area contributed by atoms with E-state index >= 15 is 0 Å². The number of hydrogen-bond acceptors (Lipinski definition) is 7. The van der Waals surface area contributed by atoms with Crippen LogP contribution in [0.25, 0.3) is 0 Å². The first-order valence-corrected chi connectivity index (χ1v) is 13.0. The van der Waals surface area contributed by atoms with Gasteiger partial charge in [-0.3, -0.25) is 9.99 Å². The van der Waals surface area contributed by atoms with Gasteiger partial charge in [-0.05, 0) is 55.2 Å². The smallest absolute Gasteiger partial charge is 0.256 e. The first-order valence-electron chi connectivity index (χ1n) is 12.6. The Morgan fingerprint density at radius 1 is 0.892 bits per heavy atom. The van der Waals surface area contributed by atoms with Crippen LogP contribution in [0.5, 0.6) is 5.75 Å². The third-order valence-corrected chi connectivity index (χ3v) is 6.97. The summed E-state index contributed by atoms with van der Waals surface area (Å²) in [5, 5.41) is 0.706. The zero-order valence-electron chi connectivity index (χ0n) is 20.3. The molecule has 0 amide bonds. The number of ether oxygens (including phenoxy) is 1. The third kappa shape index (κ3) is 5.16. The van der Waals surface area contributed by atoms with Gasteiger partial charge in [0.25, 0.3) is 5.62 Å². The maximum atomic E-state index is 6.26. The molecule has 1 aromatic heterocycles. The van der Waals surface area contributed by atoms with E-state index in [4.69, 9.17) is 26.3 Å². The first kappa shape index (κ1) is 23.5. The van der Waals surface area contributed by atoms with Crippen LogP contribution in [0.4, 0.5) is 17.6 Å². The quantitative estimate of drug-likeness (QED) is 0.368. The highest BCUT2D eigenvalue weighted by molar-refractivity contribution is 6.31. The molecule has 9 heteroatoms. The van der Waals surface area contributed by atoms with Crippen LogP contribution in [0.1, 0.15) is 36.6 Å². The number of nitrogens with one attached hydrogen (secondary N) is 2. The van der Waals surface area contributed by atoms with Gasteiger partial charge < -0.3 is 9.64 Å². The molecule has 2 aliphatic rings. The second kappa shape index (κ2) is 10.6. The maximum absolute atomic E-state index is 6.26. The minimum absolute atomic E-state index is 0.171. The maximum Gasteiger partial charge on any atom is 0.256 e. The number of aromatic nitrogens is 3. The molecular weight excluding hydrogens is 486 g/mol. The lowest BCUT2D eigenvalue weighted by Crippen LogP contribution is -2.36. The molecule has 8 nitrogen and oxygen atoms in total. The van der Waals surface area contributed by atoms with Crippen molar-refractivity contribution in [2.75, 3.05) is 23.4 Å². The molecular formula is C28H28ClN7O. The fourth-order valence-corrected chi connectivity index (χ4v) is 4.87. The highest BCUT2D eigenvalue weighted by Gasteiger charge is 2.29. The molecule has 2 aliphatic heterocycles. The van der Waals surface area contributed by atoms with Crippen LogP contribution in [-0.4, -0.2) is 27.6 Å². The summed E-state index contributed by atoms with van der Waals surface area (Å²) in [6, 6.07) is 25.6. The van der Waals surface area contributed by atoms with Gasteiger partial charge in [0.05, 0.1) is 5.69 Å². The summed E-state index contributed by atoms with van der Waals surface area (Å²) in [6.07, 6.45) is 3.36. The number of halogens is 1. The van der Waals surface area contributed by atoms with E-state index in [2.05, 4.69) is 37.4 Å². The van der Waals surface area contributed by atoms with Crippen molar-refractivity contribution >= 4 is 29.2 Å². The van der Waals surface area contributed by atoms with E-state index in [1.165, 1.54) is 6.42 Å². The minimum atomic E-state index is -0.171. The van der Waals surface area contributed by atoms with E-state index in [1.54, 1.807) is 0 Å². The van der Waals surface area contributed by atoms with Crippen molar-refractivity contribution in [3.8, 4) is 5.75 Å². The molecule has 3 heterocycles. The summed E-state index contributed by atoms with van der Waals surface area (Å²) >= 11 is 6.26. The van der Waals surface area contributed by atoms with Crippen LogP contribution in [0, 0.1) is 0 Å². The Labute approximate surface area is 220 Å². The summed E-state index contributed by atoms with van der Waals surface area (Å²) in [6.45, 7) is 2.34. The van der Waals surface area contributed by atoms with E-state index in [1.807, 2.05) is 66.7 Å². The van der Waals surface area contributed by atoms with E-state index in [9.17, 15) is 0 Å². The van der Waals surface area contributed by atoms with Gasteiger partial charge in [0.1, 0.15) is 18.5 Å². The largest absolute Gasteiger partial charge is 0.489 e. The van der Waals surface area contributed by atoms with Crippen LogP contribution in [0.3, 0.4) is 0 Å². The summed E-state index contributed by atoms with van der Waals surface area (Å²) < 4.78 is 8.10. The van der Waals surface area contributed by atoms with Crippen LogP contribution in [-0.2, 0) is 6.61 Å². The Balaban J connectivity index is 1.30. The Kier molecular flexibility index (Phi) is 6.75. The number of nitrogens with zero attached hydrogens (tertiary/aromatic N) is 5. The number of benzene rings is 3. The molecule has 6 rings (SSSR count). The molecule has 1 atom stereocenters. The number of rotatable bonds is 6. The Hall–Kier alpha value is -3.88. The lowest BCUT2D eigenvalue weighted by Gasteiger charge is -2.30. The number of piperidine rings is 1. The number of anilines is 2. The SMILES string of the molecule is Clc1ccccc1COc1ccc([C@@H]2NNc3nc(=Nc4ccccc4)nc(N4CCCCC4)n32)cc1. The van der Waals surface area contributed by atoms with Crippen molar-refractivity contribution in [1.29, 1.82) is 0 Å². The number of hydrogen-bond donors (Lipinski definition) is 2. The predicted octanol–water partition coefficient (Wildman–Crippen LogP) is 5.21. The first-order chi connectivity index (χ1) is 18.2. The molecule has 0 spiro atoms. The lowest BCUT2D eigenvalue weighted by molar-refractivity contribution is 0.306. The highest BCUT2D eigenvalue weighted by atomic mass is 35.5. The number of para-hydroxylation sites is 1. The van der Waals surface area contributed by atoms with Gasteiger partial charge >= 0.3 is 0 Å². The molecule has 188 valence electrons. The lowest BCUT2D eigenvalue weighted by atomic mass is 10.1. The molecule has 0 bridgehead atoms. The molecule has 1 saturated heterocycles. The van der Waals surface area contributed by atoms with Crippen LogP contribution in [0.15, 0.2) is 83.9 Å². The highest BCUT2D eigenvalue weighted by Crippen LogP contribution is 2.31. The van der Waals surface area contributed by atoms with Gasteiger partial charge in [-0.15, -0.1) is 0 Å². The monoisotopic (exact) mass is 513 g/mol. The van der Waals surface area contributed by atoms with Gasteiger partial charge in [0.15, 0.2) is 0 Å². The van der Waals surface area contributed by atoms with Gasteiger partial charge in [-0.25, -0.2) is 10.4 Å². The van der Waals surface area contributed by atoms with E-state index in [0.717, 1.165) is 54.4 Å². The Morgan fingerprint density at radius 3 is 2.43 bits per heavy atom. The number of hydrazine groups is 1. The third-order valence-electron chi connectivity index (χ3n) is 6.60. The molecule has 0 radical (unpaired) electrons. The molecule has 3 aromatic carbocycles. The molecule has 2 N–H and O–H groups in total. The summed E-state index contributed by atoms with van der Waals surface area (Å²) in [5.74, 6) is 2.33. The molecule has 0 unspecified atom stereocenters. The van der Waals surface area contributed by atoms with Gasteiger partial charge in [0, 0.05) is 23.7 Å². The van der Waals surface area contributed by atoms with Gasteiger partial charge in [0.2, 0.25) is 11.9 Å². The second-order valence-electron chi connectivity index (χ2n) is 9.13. The minimum Gasteiger partial charge on any atom is -0.489 e. The zero-order valence-corrected chi connectivity index (χ0v) is 21.1. The second-order valence-corrected chi connectivity index (χ2v) is 9.54. The van der Waals surface area contributed by atoms with E-state index in [0.29, 0.717) is 23.2 Å². The topological polar surface area (TPSA) is 79.6 Å². The average Bonchev–Trinajstić information content (AvgIpc) is 3.37. The van der Waals surface area contributed by atoms with Gasteiger partial charge in [-0.2, -0.15) is 9.97 Å². The Bertz CT molecular complexity index is 1430. The van der Waals surface area contributed by atoms with Crippen molar-refractivity contribution < 1.29 is 4.74 Å². The Morgan fingerprint density at radius 2 is 1.65 bits per heavy atom. The van der Waals surface area contributed by atoms with E-state index < -0.39 is 0 Å². The fourth-order valence-electron chi connectivity index (χ4n) is 4.68. The van der Waals surface area contributed by atoms with Crippen molar-refractivity contribution in [1.82, 2.24) is 20.0 Å². The summed E-state index contributed by atoms with van der Waals surface area (Å²) in [4.78, 5) is 16.7. The summed E-state index contributed by atoms with van der Waals surface area (Å²) in [5.41, 5.74) is 9.92. The van der Waals surface area contributed by atoms with Crippen LogP contribution in [0.2, 0.25) is 5.02 Å². The van der Waals surface area contributed by atoms with Crippen molar-refractivity contribution in [3.63, 3.8) is 0 Å². The molecule has 0 aliphatic carbocycles. The standard InChI is InChI=1S/C28H28ClN7O/c29-24-12-6-5-9-21(24)19-37-23-15-13-20(14-16-23)25-33-34-27-31-26(30-22-10-3-1-4-11-22)32-28(36(25)27)35-17-7-2-8-18-35/h1,3-6,9-16,25,33H,2,7-8,17-19H2,(H,30,31,34)/t25-/m1/s1. The molecule has 0 saturated carbocycles. The van der Waals surface area contributed by atoms with Crippen LogP contribution >= 0.6 is 11.6 Å². The molecule has 1 fully saturated rings. The molecule has 37 heavy (non-hydrogen) atoms. The molecule has 4 aromatic rings. The zero-order chi connectivity index (χ0) is 25.0. The average molecular weight is 514 g/mol. The van der Waals surface area contributed by atoms with Crippen molar-refractivity contribution in [2.24, 2.45) is 4.99 Å². The normalized spacial score (nSPS) is 17.4. The number of fused-ring (bicyclic) bond motifs is 1. The fraction of sp³-hybridized carbons (Fsp3) is 0.250. The van der Waals surface area contributed by atoms with Gasteiger partial charge in [-0.1, -0.05) is 60.1 Å². The predicted molar refractivity (Wildman–Crippen MR) is 145 cm³/mol. The van der Waals surface area contributed by atoms with Crippen molar-refractivity contribution in [2.45, 2.75) is 32.0 Å². The van der Waals surface area contributed by atoms with E-state index in [-0.39, 0.29) is 6.17 Å².